The number of carbonyl (C=O) groups is 3. The third-order valence-corrected chi connectivity index (χ3v) is 6.56. The molecule has 0 spiro atoms. The van der Waals surface area contributed by atoms with Crippen LogP contribution in [0.5, 0.6) is 0 Å². The van der Waals surface area contributed by atoms with E-state index in [0.717, 1.165) is 32.3 Å². The summed E-state index contributed by atoms with van der Waals surface area (Å²) in [4.78, 5) is 36.8. The Morgan fingerprint density at radius 2 is 1.49 bits per heavy atom. The zero-order chi connectivity index (χ0) is 24.9. The summed E-state index contributed by atoms with van der Waals surface area (Å²) >= 11 is 3.37. The fraction of sp³-hybridized carbons (Fsp3) is 0.222. The molecule has 180 valence electrons. The summed E-state index contributed by atoms with van der Waals surface area (Å²) in [6.45, 7) is 1.47. The molecular weight excluding hydrogens is 512 g/mol. The van der Waals surface area contributed by atoms with E-state index in [-0.39, 0.29) is 18.9 Å². The van der Waals surface area contributed by atoms with Gasteiger partial charge < -0.3 is 20.5 Å². The highest BCUT2D eigenvalue weighted by Gasteiger charge is 2.30. The van der Waals surface area contributed by atoms with Crippen LogP contribution in [-0.2, 0) is 20.7 Å². The fourth-order valence-corrected chi connectivity index (χ4v) is 4.49. The molecule has 8 heteroatoms. The Hall–Kier alpha value is -3.65. The number of rotatable bonds is 8. The normalized spacial score (nSPS) is 13.8. The molecule has 4 rings (SSSR count). The van der Waals surface area contributed by atoms with Crippen molar-refractivity contribution >= 4 is 33.9 Å². The van der Waals surface area contributed by atoms with Gasteiger partial charge in [0, 0.05) is 16.8 Å². The van der Waals surface area contributed by atoms with E-state index in [0.29, 0.717) is 0 Å². The van der Waals surface area contributed by atoms with E-state index in [9.17, 15) is 14.4 Å². The van der Waals surface area contributed by atoms with Crippen molar-refractivity contribution in [3.63, 3.8) is 0 Å². The lowest BCUT2D eigenvalue weighted by molar-refractivity contribution is -0.141. The number of carboxylic acids is 1. The van der Waals surface area contributed by atoms with Gasteiger partial charge in [-0.15, -0.1) is 0 Å². The molecule has 2 atom stereocenters. The zero-order valence-corrected chi connectivity index (χ0v) is 20.6. The molecule has 0 heterocycles. The van der Waals surface area contributed by atoms with Crippen molar-refractivity contribution in [2.45, 2.75) is 31.3 Å². The van der Waals surface area contributed by atoms with Crippen LogP contribution in [0, 0.1) is 0 Å². The second-order valence-electron chi connectivity index (χ2n) is 8.42. The Bertz CT molecular complexity index is 1200. The van der Waals surface area contributed by atoms with Gasteiger partial charge in [-0.1, -0.05) is 76.6 Å². The van der Waals surface area contributed by atoms with Gasteiger partial charge in [-0.05, 0) is 46.9 Å². The Kier molecular flexibility index (Phi) is 7.51. The quantitative estimate of drug-likeness (QED) is 0.393. The Balaban J connectivity index is 1.46. The van der Waals surface area contributed by atoms with Crippen molar-refractivity contribution in [2.24, 2.45) is 0 Å². The minimum Gasteiger partial charge on any atom is -0.480 e. The number of aliphatic carboxylic acids is 1. The predicted molar refractivity (Wildman–Crippen MR) is 135 cm³/mol. The van der Waals surface area contributed by atoms with Gasteiger partial charge in [-0.25, -0.2) is 4.79 Å². The van der Waals surface area contributed by atoms with Gasteiger partial charge in [-0.3, -0.25) is 9.59 Å². The largest absolute Gasteiger partial charge is 0.480 e. The molecule has 0 radical (unpaired) electrons. The molecule has 3 aromatic carbocycles. The van der Waals surface area contributed by atoms with Crippen LogP contribution in [0.3, 0.4) is 0 Å². The molecule has 35 heavy (non-hydrogen) atoms. The van der Waals surface area contributed by atoms with Crippen molar-refractivity contribution in [1.82, 2.24) is 10.6 Å². The number of benzene rings is 3. The summed E-state index contributed by atoms with van der Waals surface area (Å²) in [6, 6.07) is 21.2. The van der Waals surface area contributed by atoms with Crippen LogP contribution >= 0.6 is 15.9 Å². The van der Waals surface area contributed by atoms with Crippen molar-refractivity contribution in [3.8, 4) is 11.1 Å². The summed E-state index contributed by atoms with van der Waals surface area (Å²) in [6.07, 6.45) is -0.567. The monoisotopic (exact) mass is 536 g/mol. The molecule has 0 bridgehead atoms. The Morgan fingerprint density at radius 1 is 0.914 bits per heavy atom. The van der Waals surface area contributed by atoms with E-state index in [1.54, 1.807) is 0 Å². The number of ether oxygens (including phenoxy) is 1. The standard InChI is InChI=1S/C27H25BrN2O5/c1-16(26(32)33)29-25(31)24(14-17-10-12-18(28)13-11-17)30-27(34)35-15-23-21-8-4-2-6-19(21)20-7-3-5-9-22(20)23/h2-13,16,23-24H,14-15H2,1H3,(H,29,31)(H,30,34)(H,32,33)/t16-,24-/m1/s1. The fourth-order valence-electron chi connectivity index (χ4n) is 4.22. The Labute approximate surface area is 211 Å². The van der Waals surface area contributed by atoms with Gasteiger partial charge >= 0.3 is 12.1 Å². The van der Waals surface area contributed by atoms with Gasteiger partial charge in [0.25, 0.3) is 0 Å². The molecule has 0 saturated heterocycles. The van der Waals surface area contributed by atoms with Crippen LogP contribution in [0.2, 0.25) is 0 Å². The number of carbonyl (C=O) groups excluding carboxylic acids is 2. The van der Waals surface area contributed by atoms with Crippen molar-refractivity contribution in [3.05, 3.63) is 94.0 Å². The van der Waals surface area contributed by atoms with Crippen LogP contribution in [0.4, 0.5) is 4.79 Å². The van der Waals surface area contributed by atoms with E-state index >= 15 is 0 Å². The van der Waals surface area contributed by atoms with E-state index in [4.69, 9.17) is 9.84 Å². The topological polar surface area (TPSA) is 105 Å². The van der Waals surface area contributed by atoms with Crippen molar-refractivity contribution in [1.29, 1.82) is 0 Å². The molecule has 0 aromatic heterocycles. The van der Waals surface area contributed by atoms with E-state index in [1.807, 2.05) is 60.7 Å². The van der Waals surface area contributed by atoms with Crippen molar-refractivity contribution < 1.29 is 24.2 Å². The number of carboxylic acid groups (broad SMARTS) is 1. The lowest BCUT2D eigenvalue weighted by atomic mass is 9.98. The van der Waals surface area contributed by atoms with Crippen LogP contribution in [0.25, 0.3) is 11.1 Å². The number of nitrogens with one attached hydrogen (secondary N) is 2. The number of fused-ring (bicyclic) bond motifs is 3. The summed E-state index contributed by atoms with van der Waals surface area (Å²) < 4.78 is 6.46. The molecule has 1 aliphatic carbocycles. The molecule has 7 nitrogen and oxygen atoms in total. The molecule has 2 amide bonds. The SMILES string of the molecule is C[C@@H](NC(=O)[C@@H](Cc1ccc(Br)cc1)NC(=O)OCC1c2ccccc2-c2ccccc21)C(=O)O. The molecule has 1 aliphatic rings. The highest BCUT2D eigenvalue weighted by molar-refractivity contribution is 9.10. The number of halogens is 1. The third kappa shape index (κ3) is 5.71. The van der Waals surface area contributed by atoms with E-state index < -0.39 is 30.1 Å². The van der Waals surface area contributed by atoms with Gasteiger partial charge in [0.15, 0.2) is 0 Å². The highest BCUT2D eigenvalue weighted by Crippen LogP contribution is 2.44. The number of hydrogen-bond acceptors (Lipinski definition) is 4. The van der Waals surface area contributed by atoms with Crippen LogP contribution in [0.15, 0.2) is 77.3 Å². The maximum absolute atomic E-state index is 12.8. The third-order valence-electron chi connectivity index (χ3n) is 6.03. The van der Waals surface area contributed by atoms with Gasteiger partial charge in [-0.2, -0.15) is 0 Å². The minimum absolute atomic E-state index is 0.109. The lowest BCUT2D eigenvalue weighted by Crippen LogP contribution is -2.51. The second-order valence-corrected chi connectivity index (χ2v) is 9.34. The zero-order valence-electron chi connectivity index (χ0n) is 19.0. The first-order valence-electron chi connectivity index (χ1n) is 11.2. The van der Waals surface area contributed by atoms with Gasteiger partial charge in [0.1, 0.15) is 18.7 Å². The van der Waals surface area contributed by atoms with Crippen LogP contribution in [-0.4, -0.2) is 41.8 Å². The molecule has 0 aliphatic heterocycles. The van der Waals surface area contributed by atoms with Crippen LogP contribution < -0.4 is 10.6 Å². The first kappa shape index (κ1) is 24.5. The average Bonchev–Trinajstić information content (AvgIpc) is 3.17. The average molecular weight is 537 g/mol. The first-order chi connectivity index (χ1) is 16.8. The predicted octanol–water partition coefficient (Wildman–Crippen LogP) is 4.49. The number of hydrogen-bond donors (Lipinski definition) is 3. The summed E-state index contributed by atoms with van der Waals surface area (Å²) in [5, 5.41) is 14.2. The summed E-state index contributed by atoms with van der Waals surface area (Å²) in [7, 11) is 0. The van der Waals surface area contributed by atoms with Crippen molar-refractivity contribution in [2.75, 3.05) is 6.61 Å². The van der Waals surface area contributed by atoms with Gasteiger partial charge in [0.2, 0.25) is 5.91 Å². The number of alkyl carbamates (subject to hydrolysis) is 1. The molecule has 3 N–H and O–H groups in total. The Morgan fingerprint density at radius 3 is 2.06 bits per heavy atom. The molecular formula is C27H25BrN2O5. The smallest absolute Gasteiger partial charge is 0.407 e. The van der Waals surface area contributed by atoms with E-state index in [1.165, 1.54) is 6.92 Å². The van der Waals surface area contributed by atoms with Crippen LogP contribution in [0.1, 0.15) is 29.5 Å². The molecule has 3 aromatic rings. The first-order valence-corrected chi connectivity index (χ1v) is 12.0. The second kappa shape index (κ2) is 10.7. The van der Waals surface area contributed by atoms with Gasteiger partial charge in [0.05, 0.1) is 0 Å². The maximum atomic E-state index is 12.8. The molecule has 0 saturated carbocycles. The summed E-state index contributed by atoms with van der Waals surface area (Å²) in [5.41, 5.74) is 5.21. The number of amides is 2. The summed E-state index contributed by atoms with van der Waals surface area (Å²) in [5.74, 6) is -1.88. The molecule has 0 unspecified atom stereocenters. The maximum Gasteiger partial charge on any atom is 0.407 e. The van der Waals surface area contributed by atoms with E-state index in [2.05, 4.69) is 38.7 Å². The minimum atomic E-state index is -1.16. The highest BCUT2D eigenvalue weighted by atomic mass is 79.9. The lowest BCUT2D eigenvalue weighted by Gasteiger charge is -2.21. The molecule has 0 fully saturated rings.